The van der Waals surface area contributed by atoms with Crippen LogP contribution in [-0.4, -0.2) is 105 Å². The molecule has 8 unspecified atom stereocenters. The number of hydrogen-bond donors (Lipinski definition) is 4. The van der Waals surface area contributed by atoms with Crippen molar-refractivity contribution < 1.29 is 87.0 Å². The third kappa shape index (κ3) is 63.3. The van der Waals surface area contributed by atoms with Gasteiger partial charge in [0, 0.05) is 33.1 Å². The second-order valence-electron chi connectivity index (χ2n) is 48.5. The zero-order chi connectivity index (χ0) is 112. The number of rotatable bonds is 40. The molecule has 18 heteroatoms. The van der Waals surface area contributed by atoms with E-state index in [2.05, 4.69) is 207 Å². The molecule has 0 saturated heterocycles. The van der Waals surface area contributed by atoms with E-state index in [1.165, 1.54) is 85.6 Å². The summed E-state index contributed by atoms with van der Waals surface area (Å²) >= 11 is 0. The third-order valence-electron chi connectivity index (χ3n) is 28.0. The van der Waals surface area contributed by atoms with Crippen molar-refractivity contribution in [3.63, 3.8) is 0 Å². The Morgan fingerprint density at radius 3 is 0.814 bits per heavy atom. The van der Waals surface area contributed by atoms with E-state index in [9.17, 15) is 24.0 Å². The highest BCUT2D eigenvalue weighted by atomic mass is 16.7. The molecule has 2 saturated carbocycles. The quantitative estimate of drug-likeness (QED) is 0.0162. The van der Waals surface area contributed by atoms with Gasteiger partial charge in [0.1, 0.15) is 28.6 Å². The van der Waals surface area contributed by atoms with Gasteiger partial charge >= 0.3 is 29.8 Å². The number of carboxylic acid groups (broad SMARTS) is 1. The summed E-state index contributed by atoms with van der Waals surface area (Å²) in [4.78, 5) is 58.9. The van der Waals surface area contributed by atoms with Crippen molar-refractivity contribution in [2.45, 2.75) is 549 Å². The average Bonchev–Trinajstić information content (AvgIpc) is 0.802. The monoisotopic (exact) mass is 2030 g/mol. The van der Waals surface area contributed by atoms with Gasteiger partial charge in [-0.05, 0) is 342 Å². The third-order valence-corrected chi connectivity index (χ3v) is 28.0. The predicted molar refractivity (Wildman–Crippen MR) is 608 cm³/mol. The molecule has 0 aromatic heterocycles. The lowest BCUT2D eigenvalue weighted by atomic mass is 9.73. The first kappa shape index (κ1) is 142. The average molecular weight is 2040 g/mol. The Kier molecular flexibility index (Phi) is 68.9. The Morgan fingerprint density at radius 2 is 0.559 bits per heavy atom. The van der Waals surface area contributed by atoms with Crippen LogP contribution < -0.4 is 4.74 Å². The van der Waals surface area contributed by atoms with E-state index < -0.39 is 46.0 Å². The van der Waals surface area contributed by atoms with Gasteiger partial charge in [-0.1, -0.05) is 297 Å². The molecule has 4 N–H and O–H groups in total. The summed E-state index contributed by atoms with van der Waals surface area (Å²) in [6.07, 6.45) is 25.5. The van der Waals surface area contributed by atoms with Gasteiger partial charge in [0.2, 0.25) is 24.7 Å². The van der Waals surface area contributed by atoms with Crippen molar-refractivity contribution in [2.75, 3.05) is 0 Å². The summed E-state index contributed by atoms with van der Waals surface area (Å²) in [6, 6.07) is 41.3. The fourth-order valence-electron chi connectivity index (χ4n) is 14.4. The fraction of sp³-hybridized carbons (Fsp3) is 0.724. The number of aromatic hydroxyl groups is 3. The SMILES string of the molecule is CCC(C)(C)C(=O)O.CCC(C)(C)C(=O)OC(C)(C)OC1CCCCC1.CCC(C)(C)C(=O)OC(CC(C)(C)C)OC(C)C.CCC(C)(C)C(=O)OC(CC(C)(C)C)OC(C)C.CCC(C)(C)C(=O)OC(CC)(CC)C1CCCCC1.CCC(C)c1ccc(O)cc1.CCC(C)c1ccc(O)cc1.CCC(C)c1ccc(O)cc1.CCC(C)c1ccc(OC(CC(C)(C)C)OC(C)C)cc1.CCC(C)c1ccccc1. The van der Waals surface area contributed by atoms with Gasteiger partial charge in [0.05, 0.1) is 51.5 Å². The largest absolute Gasteiger partial charge is 0.508 e. The van der Waals surface area contributed by atoms with Gasteiger partial charge in [0.25, 0.3) is 0 Å². The van der Waals surface area contributed by atoms with Crippen molar-refractivity contribution in [3.05, 3.63) is 155 Å². The van der Waals surface area contributed by atoms with Crippen LogP contribution >= 0.6 is 0 Å². The van der Waals surface area contributed by atoms with Crippen LogP contribution in [0.5, 0.6) is 23.0 Å². The maximum absolute atomic E-state index is 12.4. The highest BCUT2D eigenvalue weighted by Gasteiger charge is 2.44. The minimum Gasteiger partial charge on any atom is -0.508 e. The number of esters is 4. The molecular formula is C127H220O18. The molecule has 5 aromatic rings. The molecule has 145 heavy (non-hydrogen) atoms. The van der Waals surface area contributed by atoms with Crippen LogP contribution in [0.4, 0.5) is 0 Å². The Labute approximate surface area is 888 Å². The van der Waals surface area contributed by atoms with Crippen LogP contribution in [0.15, 0.2) is 127 Å². The Hall–Kier alpha value is -7.51. The lowest BCUT2D eigenvalue weighted by Crippen LogP contribution is -2.45. The molecule has 0 heterocycles. The van der Waals surface area contributed by atoms with Gasteiger partial charge in [0.15, 0.2) is 0 Å². The number of carboxylic acids is 1. The Morgan fingerprint density at radius 1 is 0.303 bits per heavy atom. The smallest absolute Gasteiger partial charge is 0.313 e. The van der Waals surface area contributed by atoms with E-state index >= 15 is 0 Å². The number of phenols is 3. The van der Waals surface area contributed by atoms with Crippen LogP contribution in [0, 0.1) is 49.2 Å². The zero-order valence-electron chi connectivity index (χ0n) is 101. The predicted octanol–water partition coefficient (Wildman–Crippen LogP) is 36.7. The van der Waals surface area contributed by atoms with Crippen molar-refractivity contribution in [1.29, 1.82) is 0 Å². The van der Waals surface area contributed by atoms with Gasteiger partial charge in [-0.25, -0.2) is 0 Å². The standard InChI is InChI=1S/C19H32O2.C17H32O2.C15H28O3.2C15H30O3.3C10H14O.C10H14.C6H12O2/c1-8-15(4)16-9-11-17(12-10-16)21-18(20-14(2)3)13-19(5,6)7;1-6-16(4,5)15(18)19-17(7-2,8-3)14-12-10-9-11-13-14;1-6-14(2,3)13(16)18-15(4,5)17-12-10-8-7-9-11-12;2*1-9-15(7,8)13(16)18-12(17-11(2)3)10-14(4,5)6;3*1-3-8(2)9-4-6-10(11)7-5-9;1-3-9(2)10-7-5-4-6-8-10;1-4-6(2,3)5(7)8/h9-12,14-15,18H,8,13H2,1-7H3;14H,6-13H2,1-5H3;12H,6-11H2,1-5H3;2*11-12H,9-10H2,1-8H3;3*4-8,11H,3H2,1-2H3;4-9H,3H2,1-2H3;4H2,1-3H3,(H,7,8). The first-order chi connectivity index (χ1) is 66.9. The molecule has 0 aliphatic heterocycles. The van der Waals surface area contributed by atoms with Crippen molar-refractivity contribution >= 4 is 29.8 Å². The number of aliphatic carboxylic acids is 1. The molecular weight excluding hydrogens is 1810 g/mol. The maximum Gasteiger partial charge on any atom is 0.313 e. The van der Waals surface area contributed by atoms with Crippen molar-refractivity contribution in [3.8, 4) is 23.0 Å². The molecule has 0 bridgehead atoms. The molecule has 836 valence electrons. The highest BCUT2D eigenvalue weighted by Crippen LogP contribution is 2.43. The van der Waals surface area contributed by atoms with Crippen LogP contribution in [0.25, 0.3) is 0 Å². The minimum atomic E-state index is -0.814. The minimum absolute atomic E-state index is 0.00993. The van der Waals surface area contributed by atoms with Crippen LogP contribution in [0.3, 0.4) is 0 Å². The Balaban J connectivity index is -0.00000156. The van der Waals surface area contributed by atoms with Crippen LogP contribution in [0.2, 0.25) is 0 Å². The lowest BCUT2D eigenvalue weighted by Gasteiger charge is -2.42. The summed E-state index contributed by atoms with van der Waals surface area (Å²) in [6.45, 7) is 90.0. The number of carbonyl (C=O) groups excluding carboxylic acids is 4. The summed E-state index contributed by atoms with van der Waals surface area (Å²) in [5.74, 6) is 3.48. The van der Waals surface area contributed by atoms with E-state index in [4.69, 9.17) is 63.1 Å². The van der Waals surface area contributed by atoms with Crippen LogP contribution in [-0.2, 0) is 61.9 Å². The second kappa shape index (κ2) is 70.5. The molecule has 0 spiro atoms. The molecule has 7 rings (SSSR count). The topological polar surface area (TPSA) is 249 Å². The van der Waals surface area contributed by atoms with E-state index in [1.54, 1.807) is 50.2 Å². The van der Waals surface area contributed by atoms with Gasteiger partial charge in [-0.2, -0.15) is 0 Å². The summed E-state index contributed by atoms with van der Waals surface area (Å²) in [7, 11) is 0. The molecule has 18 nitrogen and oxygen atoms in total. The zero-order valence-corrected chi connectivity index (χ0v) is 101. The highest BCUT2D eigenvalue weighted by molar-refractivity contribution is 5.77. The van der Waals surface area contributed by atoms with Crippen molar-refractivity contribution in [2.24, 2.45) is 49.2 Å². The first-order valence-corrected chi connectivity index (χ1v) is 55.9. The summed E-state index contributed by atoms with van der Waals surface area (Å²) in [5.41, 5.74) is 4.56. The van der Waals surface area contributed by atoms with E-state index in [0.717, 1.165) is 89.2 Å². The molecule has 5 aromatic carbocycles. The normalized spacial score (nSPS) is 15.0. The first-order valence-electron chi connectivity index (χ1n) is 55.9. The van der Waals surface area contributed by atoms with Crippen molar-refractivity contribution in [1.82, 2.24) is 0 Å². The molecule has 8 atom stereocenters. The van der Waals surface area contributed by atoms with Gasteiger partial charge in [-0.3, -0.25) is 24.0 Å². The van der Waals surface area contributed by atoms with Gasteiger partial charge < -0.3 is 63.1 Å². The fourth-order valence-corrected chi connectivity index (χ4v) is 14.4. The van der Waals surface area contributed by atoms with Crippen LogP contribution in [0.1, 0.15) is 523 Å². The van der Waals surface area contributed by atoms with E-state index in [0.29, 0.717) is 72.0 Å². The molecule has 2 aliphatic rings. The molecule has 2 aliphatic carbocycles. The Bertz CT molecular complexity index is 3980. The van der Waals surface area contributed by atoms with E-state index in [-0.39, 0.29) is 81.8 Å². The molecule has 0 radical (unpaired) electrons. The summed E-state index contributed by atoms with van der Waals surface area (Å²) < 4.78 is 52.0. The number of ether oxygens (including phenoxy) is 9. The molecule has 2 fully saturated rings. The molecule has 0 amide bonds. The number of benzene rings is 5. The number of carbonyl (C=O) groups is 5. The number of phenolic OH excluding ortho intramolecular Hbond substituents is 3. The maximum atomic E-state index is 12.4. The van der Waals surface area contributed by atoms with E-state index in [1.807, 2.05) is 175 Å². The van der Waals surface area contributed by atoms with Gasteiger partial charge in [-0.15, -0.1) is 0 Å². The summed E-state index contributed by atoms with van der Waals surface area (Å²) in [5, 5.41) is 35.5. The second-order valence-corrected chi connectivity index (χ2v) is 48.5. The number of hydrogen-bond acceptors (Lipinski definition) is 17. The lowest BCUT2D eigenvalue weighted by molar-refractivity contribution is -0.242.